The molecule has 2 aromatic carbocycles. The molecule has 0 amide bonds. The van der Waals surface area contributed by atoms with Crippen LogP contribution in [-0.2, 0) is 12.0 Å². The maximum Gasteiger partial charge on any atom is 0.124 e. The molecule has 0 bridgehead atoms. The van der Waals surface area contributed by atoms with E-state index in [1.165, 1.54) is 12.1 Å². The van der Waals surface area contributed by atoms with Crippen LogP contribution in [0.5, 0.6) is 0 Å². The Balaban J connectivity index is 2.34. The zero-order chi connectivity index (χ0) is 14.9. The molecule has 0 aliphatic carbocycles. The summed E-state index contributed by atoms with van der Waals surface area (Å²) in [6, 6.07) is 9.88. The Morgan fingerprint density at radius 3 is 2.45 bits per heavy atom. The summed E-state index contributed by atoms with van der Waals surface area (Å²) in [6.07, 6.45) is 0.269. The van der Waals surface area contributed by atoms with Crippen molar-refractivity contribution in [2.24, 2.45) is 0 Å². The van der Waals surface area contributed by atoms with E-state index in [0.717, 1.165) is 4.47 Å². The van der Waals surface area contributed by atoms with E-state index >= 15 is 0 Å². The fourth-order valence-electron chi connectivity index (χ4n) is 2.13. The molecule has 0 aromatic heterocycles. The van der Waals surface area contributed by atoms with Crippen LogP contribution >= 0.6 is 43.5 Å². The van der Waals surface area contributed by atoms with E-state index in [1.54, 1.807) is 25.1 Å². The molecule has 0 fully saturated rings. The Kier molecular flexibility index (Phi) is 4.90. The Labute approximate surface area is 139 Å². The lowest BCUT2D eigenvalue weighted by Crippen LogP contribution is -2.24. The summed E-state index contributed by atoms with van der Waals surface area (Å²) in [4.78, 5) is 0. The Bertz CT molecular complexity index is 624. The zero-order valence-electron chi connectivity index (χ0n) is 10.6. The van der Waals surface area contributed by atoms with Crippen molar-refractivity contribution in [3.05, 3.63) is 67.3 Å². The van der Waals surface area contributed by atoms with E-state index in [0.29, 0.717) is 20.6 Å². The van der Waals surface area contributed by atoms with Crippen molar-refractivity contribution in [1.82, 2.24) is 0 Å². The van der Waals surface area contributed by atoms with Crippen molar-refractivity contribution < 1.29 is 9.50 Å². The lowest BCUT2D eigenvalue weighted by Gasteiger charge is -2.25. The second-order valence-corrected chi connectivity index (χ2v) is 7.09. The highest BCUT2D eigenvalue weighted by Gasteiger charge is 2.26. The predicted molar refractivity (Wildman–Crippen MR) is 86.5 cm³/mol. The van der Waals surface area contributed by atoms with Crippen LogP contribution in [0.15, 0.2) is 45.3 Å². The first-order valence-electron chi connectivity index (χ1n) is 5.91. The summed E-state index contributed by atoms with van der Waals surface area (Å²) in [6.45, 7) is 1.67. The minimum atomic E-state index is -1.18. The molecular formula is C15H12Br2ClFO. The van der Waals surface area contributed by atoms with Gasteiger partial charge in [0.15, 0.2) is 0 Å². The molecule has 1 atom stereocenters. The van der Waals surface area contributed by atoms with Crippen molar-refractivity contribution in [2.45, 2.75) is 18.9 Å². The lowest BCUT2D eigenvalue weighted by atomic mass is 9.89. The van der Waals surface area contributed by atoms with Gasteiger partial charge >= 0.3 is 0 Å². The molecule has 0 aliphatic rings. The van der Waals surface area contributed by atoms with Gasteiger partial charge in [0, 0.05) is 26.0 Å². The fraction of sp³-hybridized carbons (Fsp3) is 0.200. The molecule has 1 nitrogen and oxygen atoms in total. The number of hydrogen-bond donors (Lipinski definition) is 1. The van der Waals surface area contributed by atoms with Gasteiger partial charge in [-0.2, -0.15) is 0 Å². The van der Waals surface area contributed by atoms with Gasteiger partial charge in [0.1, 0.15) is 5.82 Å². The van der Waals surface area contributed by atoms with E-state index in [-0.39, 0.29) is 12.2 Å². The molecular weight excluding hydrogens is 410 g/mol. The van der Waals surface area contributed by atoms with Crippen LogP contribution in [0.4, 0.5) is 4.39 Å². The van der Waals surface area contributed by atoms with Crippen LogP contribution in [0, 0.1) is 5.82 Å². The van der Waals surface area contributed by atoms with E-state index in [2.05, 4.69) is 31.9 Å². The van der Waals surface area contributed by atoms with Crippen molar-refractivity contribution in [3.63, 3.8) is 0 Å². The highest BCUT2D eigenvalue weighted by molar-refractivity contribution is 9.10. The van der Waals surface area contributed by atoms with Crippen LogP contribution in [0.3, 0.4) is 0 Å². The summed E-state index contributed by atoms with van der Waals surface area (Å²) in [5, 5.41) is 11.1. The Hall–Kier alpha value is -0.420. The average molecular weight is 423 g/mol. The van der Waals surface area contributed by atoms with Gasteiger partial charge in [0.2, 0.25) is 0 Å². The number of rotatable bonds is 3. The standard InChI is InChI=1S/C15H12Br2ClFO/c1-15(20,13-3-2-10(16)7-14(13)18)8-9-4-11(17)6-12(19)5-9/h2-7,20H,8H2,1H3. The highest BCUT2D eigenvalue weighted by Crippen LogP contribution is 2.33. The average Bonchev–Trinajstić information content (AvgIpc) is 2.25. The predicted octanol–water partition coefficient (Wildman–Crippen LogP) is 5.45. The van der Waals surface area contributed by atoms with Crippen LogP contribution < -0.4 is 0 Å². The molecule has 5 heteroatoms. The van der Waals surface area contributed by atoms with E-state index < -0.39 is 5.60 Å². The minimum Gasteiger partial charge on any atom is -0.385 e. The second-order valence-electron chi connectivity index (χ2n) is 4.85. The maximum atomic E-state index is 13.4. The maximum absolute atomic E-state index is 13.4. The summed E-state index contributed by atoms with van der Waals surface area (Å²) in [5.41, 5.74) is 0.133. The third-order valence-electron chi connectivity index (χ3n) is 2.98. The van der Waals surface area contributed by atoms with E-state index in [4.69, 9.17) is 11.6 Å². The van der Waals surface area contributed by atoms with Gasteiger partial charge < -0.3 is 5.11 Å². The SMILES string of the molecule is CC(O)(Cc1cc(F)cc(Br)c1)c1ccc(Br)cc1Cl. The highest BCUT2D eigenvalue weighted by atomic mass is 79.9. The molecule has 20 heavy (non-hydrogen) atoms. The Morgan fingerprint density at radius 1 is 1.15 bits per heavy atom. The lowest BCUT2D eigenvalue weighted by molar-refractivity contribution is 0.0576. The van der Waals surface area contributed by atoms with Gasteiger partial charge in [-0.3, -0.25) is 0 Å². The molecule has 2 aromatic rings. The first-order valence-corrected chi connectivity index (χ1v) is 7.87. The monoisotopic (exact) mass is 420 g/mol. The molecule has 2 rings (SSSR count). The Morgan fingerprint density at radius 2 is 1.85 bits per heavy atom. The largest absolute Gasteiger partial charge is 0.385 e. The van der Waals surface area contributed by atoms with Crippen molar-refractivity contribution in [1.29, 1.82) is 0 Å². The van der Waals surface area contributed by atoms with Crippen LogP contribution in [0.2, 0.25) is 5.02 Å². The summed E-state index contributed by atoms with van der Waals surface area (Å²) < 4.78 is 14.9. The second kappa shape index (κ2) is 6.14. The number of halogens is 4. The topological polar surface area (TPSA) is 20.2 Å². The molecule has 1 unspecified atom stereocenters. The third kappa shape index (κ3) is 3.82. The van der Waals surface area contributed by atoms with Crippen LogP contribution in [-0.4, -0.2) is 5.11 Å². The van der Waals surface area contributed by atoms with Gasteiger partial charge in [-0.15, -0.1) is 0 Å². The molecule has 0 aliphatic heterocycles. The number of benzene rings is 2. The summed E-state index contributed by atoms with van der Waals surface area (Å²) >= 11 is 12.7. The molecule has 0 heterocycles. The van der Waals surface area contributed by atoms with Crippen LogP contribution in [0.25, 0.3) is 0 Å². The first-order chi connectivity index (χ1) is 9.28. The fourth-order valence-corrected chi connectivity index (χ4v) is 3.52. The summed E-state index contributed by atoms with van der Waals surface area (Å²) in [5.74, 6) is -0.341. The van der Waals surface area contributed by atoms with Crippen LogP contribution in [0.1, 0.15) is 18.1 Å². The van der Waals surface area contributed by atoms with Crippen molar-refractivity contribution >= 4 is 43.5 Å². The first kappa shape index (κ1) is 16.0. The van der Waals surface area contributed by atoms with E-state index in [1.807, 2.05) is 6.07 Å². The smallest absolute Gasteiger partial charge is 0.124 e. The van der Waals surface area contributed by atoms with Crippen molar-refractivity contribution in [2.75, 3.05) is 0 Å². The zero-order valence-corrected chi connectivity index (χ0v) is 14.6. The molecule has 0 radical (unpaired) electrons. The molecule has 1 N–H and O–H groups in total. The number of aliphatic hydroxyl groups is 1. The molecule has 0 saturated carbocycles. The summed E-state index contributed by atoms with van der Waals surface area (Å²) in [7, 11) is 0. The molecule has 106 valence electrons. The van der Waals surface area contributed by atoms with Gasteiger partial charge in [-0.05, 0) is 42.8 Å². The molecule has 0 saturated heterocycles. The van der Waals surface area contributed by atoms with E-state index in [9.17, 15) is 9.50 Å². The third-order valence-corrected chi connectivity index (χ3v) is 4.25. The minimum absolute atomic E-state index is 0.269. The quantitative estimate of drug-likeness (QED) is 0.697. The normalized spacial score (nSPS) is 14.1. The van der Waals surface area contributed by atoms with Gasteiger partial charge in [-0.25, -0.2) is 4.39 Å². The van der Waals surface area contributed by atoms with Crippen molar-refractivity contribution in [3.8, 4) is 0 Å². The van der Waals surface area contributed by atoms with Gasteiger partial charge in [0.25, 0.3) is 0 Å². The van der Waals surface area contributed by atoms with Gasteiger partial charge in [-0.1, -0.05) is 49.5 Å². The number of hydrogen-bond acceptors (Lipinski definition) is 1. The van der Waals surface area contributed by atoms with Gasteiger partial charge in [0.05, 0.1) is 5.60 Å². The molecule has 0 spiro atoms.